The lowest BCUT2D eigenvalue weighted by Gasteiger charge is -2.16. The number of carbonyl (C=O) groups is 1. The first-order valence-electron chi connectivity index (χ1n) is 7.70. The largest absolute Gasteiger partial charge is 0.478 e. The minimum absolute atomic E-state index is 0.146. The number of benzene rings is 2. The molecule has 0 aliphatic heterocycles. The second kappa shape index (κ2) is 7.29. The molecule has 0 aliphatic carbocycles. The summed E-state index contributed by atoms with van der Waals surface area (Å²) in [7, 11) is -1.67. The number of nitrogens with zero attached hydrogens (tertiary/aromatic N) is 3. The molecule has 2 aromatic carbocycles. The highest BCUT2D eigenvalue weighted by Gasteiger charge is 2.27. The third-order valence-electron chi connectivity index (χ3n) is 3.88. The smallest absolute Gasteiger partial charge is 0.478 e. The number of hydrogen-bond donors (Lipinski definition) is 3. The minimum Gasteiger partial charge on any atom is -0.478 e. The highest BCUT2D eigenvalue weighted by atomic mass is 16.4. The van der Waals surface area contributed by atoms with Crippen LogP contribution in [0.3, 0.4) is 0 Å². The van der Waals surface area contributed by atoms with Crippen molar-refractivity contribution in [3.63, 3.8) is 0 Å². The molecule has 3 rings (SSSR count). The summed E-state index contributed by atoms with van der Waals surface area (Å²) in [5.74, 6) is -1.82. The average Bonchev–Trinajstić information content (AvgIpc) is 3.10. The normalized spacial score (nSPS) is 11.9. The molecule has 1 aromatic heterocycles. The number of aromatic carboxylic acids is 1. The van der Waals surface area contributed by atoms with Crippen LogP contribution in [0.2, 0.25) is 0 Å². The minimum atomic E-state index is -1.67. The van der Waals surface area contributed by atoms with Gasteiger partial charge in [0.25, 0.3) is 0 Å². The van der Waals surface area contributed by atoms with Crippen molar-refractivity contribution in [2.45, 2.75) is 12.4 Å². The first-order valence-corrected chi connectivity index (χ1v) is 7.70. The average molecular weight is 337 g/mol. The molecule has 3 N–H and O–H groups in total. The van der Waals surface area contributed by atoms with E-state index in [9.17, 15) is 14.8 Å². The van der Waals surface area contributed by atoms with Crippen molar-refractivity contribution in [1.82, 2.24) is 15.0 Å². The molecule has 8 heteroatoms. The molecule has 0 aliphatic rings. The van der Waals surface area contributed by atoms with E-state index in [-0.39, 0.29) is 12.0 Å². The Morgan fingerprint density at radius 3 is 2.56 bits per heavy atom. The van der Waals surface area contributed by atoms with Gasteiger partial charge in [0.2, 0.25) is 0 Å². The van der Waals surface area contributed by atoms with Crippen LogP contribution in [0.4, 0.5) is 0 Å². The van der Waals surface area contributed by atoms with Crippen LogP contribution in [0.1, 0.15) is 21.9 Å². The third kappa shape index (κ3) is 3.93. The van der Waals surface area contributed by atoms with E-state index >= 15 is 0 Å². The van der Waals surface area contributed by atoms with Crippen LogP contribution in [-0.2, 0) is 6.42 Å². The van der Waals surface area contributed by atoms with Crippen LogP contribution in [0.5, 0.6) is 0 Å². The van der Waals surface area contributed by atoms with Crippen molar-refractivity contribution >= 4 is 13.1 Å². The van der Waals surface area contributed by atoms with E-state index in [1.807, 2.05) is 30.3 Å². The zero-order valence-electron chi connectivity index (χ0n) is 13.2. The van der Waals surface area contributed by atoms with Crippen LogP contribution in [0.15, 0.2) is 60.8 Å². The number of carboxylic acid groups (broad SMARTS) is 1. The molecule has 3 aromatic rings. The highest BCUT2D eigenvalue weighted by Crippen LogP contribution is 2.20. The summed E-state index contributed by atoms with van der Waals surface area (Å²) < 4.78 is 1.39. The van der Waals surface area contributed by atoms with Gasteiger partial charge in [-0.25, -0.2) is 4.79 Å². The Balaban J connectivity index is 1.86. The van der Waals surface area contributed by atoms with Crippen molar-refractivity contribution < 1.29 is 19.9 Å². The number of aromatic nitrogens is 3. The number of rotatable bonds is 6. The molecule has 126 valence electrons. The number of hydrogen-bond acceptors (Lipinski definition) is 5. The Bertz CT molecular complexity index is 867. The van der Waals surface area contributed by atoms with Gasteiger partial charge in [-0.05, 0) is 24.1 Å². The van der Waals surface area contributed by atoms with Gasteiger partial charge in [-0.3, -0.25) is 4.68 Å². The van der Waals surface area contributed by atoms with Crippen molar-refractivity contribution in [2.24, 2.45) is 0 Å². The summed E-state index contributed by atoms with van der Waals surface area (Å²) in [6.45, 7) is 0. The van der Waals surface area contributed by atoms with Gasteiger partial charge in [0.1, 0.15) is 5.69 Å². The summed E-state index contributed by atoms with van der Waals surface area (Å²) in [5, 5.41) is 36.6. The molecule has 0 spiro atoms. The summed E-state index contributed by atoms with van der Waals surface area (Å²) in [5.41, 5.74) is 2.29. The topological polar surface area (TPSA) is 108 Å². The van der Waals surface area contributed by atoms with E-state index in [1.54, 1.807) is 18.3 Å². The third-order valence-corrected chi connectivity index (χ3v) is 3.88. The van der Waals surface area contributed by atoms with Crippen LogP contribution in [0.25, 0.3) is 11.3 Å². The lowest BCUT2D eigenvalue weighted by Crippen LogP contribution is -2.31. The Labute approximate surface area is 144 Å². The first-order chi connectivity index (χ1) is 12.0. The molecule has 0 saturated carbocycles. The first kappa shape index (κ1) is 16.9. The second-order valence-corrected chi connectivity index (χ2v) is 5.64. The Morgan fingerprint density at radius 1 is 1.12 bits per heavy atom. The van der Waals surface area contributed by atoms with E-state index < -0.39 is 19.0 Å². The maximum absolute atomic E-state index is 11.1. The van der Waals surface area contributed by atoms with Gasteiger partial charge in [-0.15, -0.1) is 5.10 Å². The second-order valence-electron chi connectivity index (χ2n) is 5.64. The molecule has 0 amide bonds. The van der Waals surface area contributed by atoms with Crippen molar-refractivity contribution in [3.05, 3.63) is 71.9 Å². The van der Waals surface area contributed by atoms with Crippen molar-refractivity contribution in [3.8, 4) is 11.3 Å². The molecule has 0 radical (unpaired) electrons. The van der Waals surface area contributed by atoms with E-state index in [0.717, 1.165) is 5.56 Å². The molecule has 0 unspecified atom stereocenters. The zero-order chi connectivity index (χ0) is 17.8. The van der Waals surface area contributed by atoms with Gasteiger partial charge in [-0.1, -0.05) is 47.7 Å². The highest BCUT2D eigenvalue weighted by molar-refractivity contribution is 6.42. The maximum Gasteiger partial charge on any atom is 0.478 e. The monoisotopic (exact) mass is 337 g/mol. The van der Waals surface area contributed by atoms with Gasteiger partial charge in [0.15, 0.2) is 0 Å². The summed E-state index contributed by atoms with van der Waals surface area (Å²) in [6.07, 6.45) is 1.84. The van der Waals surface area contributed by atoms with E-state index in [0.29, 0.717) is 11.3 Å². The fourth-order valence-corrected chi connectivity index (χ4v) is 2.59. The molecule has 0 saturated heterocycles. The molecular weight excluding hydrogens is 321 g/mol. The van der Waals surface area contributed by atoms with Gasteiger partial charge >= 0.3 is 13.1 Å². The Hall–Kier alpha value is -2.97. The Morgan fingerprint density at radius 2 is 1.88 bits per heavy atom. The van der Waals surface area contributed by atoms with Crippen molar-refractivity contribution in [2.75, 3.05) is 0 Å². The summed E-state index contributed by atoms with van der Waals surface area (Å²) >= 11 is 0. The molecular formula is C17H16BN3O4. The van der Waals surface area contributed by atoms with Crippen LogP contribution >= 0.6 is 0 Å². The molecule has 1 atom stereocenters. The predicted octanol–water partition coefficient (Wildman–Crippen LogP) is 1.44. The van der Waals surface area contributed by atoms with E-state index in [4.69, 9.17) is 5.11 Å². The summed E-state index contributed by atoms with van der Waals surface area (Å²) in [6, 6.07) is 15.8. The molecule has 0 bridgehead atoms. The van der Waals surface area contributed by atoms with E-state index in [2.05, 4.69) is 10.3 Å². The van der Waals surface area contributed by atoms with Crippen molar-refractivity contribution in [1.29, 1.82) is 0 Å². The van der Waals surface area contributed by atoms with Gasteiger partial charge in [0, 0.05) is 5.56 Å². The molecule has 1 heterocycles. The van der Waals surface area contributed by atoms with Crippen LogP contribution in [-0.4, -0.2) is 43.2 Å². The molecule has 25 heavy (non-hydrogen) atoms. The Kier molecular flexibility index (Phi) is 4.92. The lowest BCUT2D eigenvalue weighted by molar-refractivity contribution is 0.0696. The SMILES string of the molecule is O=C(O)c1cccc(C[C@@H](B(O)O)n2cc(-c3ccccc3)nn2)c1. The number of carboxylic acids is 1. The zero-order valence-corrected chi connectivity index (χ0v) is 13.2. The lowest BCUT2D eigenvalue weighted by atomic mass is 9.76. The van der Waals surface area contributed by atoms with Crippen LogP contribution in [0, 0.1) is 0 Å². The fraction of sp³-hybridized carbons (Fsp3) is 0.118. The van der Waals surface area contributed by atoms with Gasteiger partial charge < -0.3 is 15.2 Å². The quantitative estimate of drug-likeness (QED) is 0.588. The fourth-order valence-electron chi connectivity index (χ4n) is 2.59. The standard InChI is InChI=1S/C17H16BN3O4/c22-17(23)14-8-4-5-12(9-14)10-16(18(24)25)21-11-15(19-20-21)13-6-2-1-3-7-13/h1-9,11,16,24-25H,10H2,(H,22,23)/t16-/m0/s1. The molecule has 7 nitrogen and oxygen atoms in total. The van der Waals surface area contributed by atoms with Gasteiger partial charge in [0.05, 0.1) is 17.7 Å². The van der Waals surface area contributed by atoms with Gasteiger partial charge in [-0.2, -0.15) is 0 Å². The predicted molar refractivity (Wildman–Crippen MR) is 91.8 cm³/mol. The van der Waals surface area contributed by atoms with Crippen LogP contribution < -0.4 is 0 Å². The summed E-state index contributed by atoms with van der Waals surface area (Å²) in [4.78, 5) is 11.1. The van der Waals surface area contributed by atoms with E-state index in [1.165, 1.54) is 16.8 Å². The molecule has 0 fully saturated rings. The maximum atomic E-state index is 11.1.